The second kappa shape index (κ2) is 3.87. The summed E-state index contributed by atoms with van der Waals surface area (Å²) in [6, 6.07) is 0. The molecule has 0 atom stereocenters. The van der Waals surface area contributed by atoms with Crippen LogP contribution in [0.5, 0.6) is 0 Å². The van der Waals surface area contributed by atoms with Crippen molar-refractivity contribution in [2.24, 2.45) is 0 Å². The molecule has 0 amide bonds. The number of aliphatic carboxylic acids is 1. The van der Waals surface area contributed by atoms with Crippen LogP contribution in [0.25, 0.3) is 0 Å². The van der Waals surface area contributed by atoms with Gasteiger partial charge in [-0.1, -0.05) is 20.8 Å². The number of hydrogen-bond donors (Lipinski definition) is 1. The lowest BCUT2D eigenvalue weighted by Crippen LogP contribution is -2.28. The van der Waals surface area contributed by atoms with Gasteiger partial charge in [0.15, 0.2) is 0 Å². The molecule has 0 saturated carbocycles. The van der Waals surface area contributed by atoms with Gasteiger partial charge in [-0.25, -0.2) is 4.79 Å². The highest BCUT2D eigenvalue weighted by Crippen LogP contribution is 2.26. The molecule has 0 heterocycles. The van der Waals surface area contributed by atoms with Crippen molar-refractivity contribution in [3.8, 4) is 0 Å². The summed E-state index contributed by atoms with van der Waals surface area (Å²) in [7, 11) is -0.981. The van der Waals surface area contributed by atoms with E-state index in [0.29, 0.717) is 0 Å². The summed E-state index contributed by atoms with van der Waals surface area (Å²) in [6.45, 7) is 7.99. The topological polar surface area (TPSA) is 46.5 Å². The molecular weight excluding hydrogens is 160 g/mol. The maximum absolute atomic E-state index is 10.1. The summed E-state index contributed by atoms with van der Waals surface area (Å²) in [5.74, 6) is -0.890. The standard InChI is InChI=1S/C7H15O3Si/c1-7(2,3)11(4)10-5-6(8)9/h5H2,1-4H3,(H,8,9). The molecule has 0 rings (SSSR count). The molecular formula is C7H15O3Si. The van der Waals surface area contributed by atoms with E-state index >= 15 is 0 Å². The number of carbonyl (C=O) groups is 1. The van der Waals surface area contributed by atoms with Crippen LogP contribution in [0.2, 0.25) is 11.6 Å². The number of hydrogen-bond acceptors (Lipinski definition) is 2. The molecule has 0 saturated heterocycles. The van der Waals surface area contributed by atoms with Gasteiger partial charge in [0.25, 0.3) is 0 Å². The van der Waals surface area contributed by atoms with Gasteiger partial charge in [-0.2, -0.15) is 0 Å². The van der Waals surface area contributed by atoms with E-state index in [2.05, 4.69) is 20.8 Å². The Hall–Kier alpha value is -0.353. The van der Waals surface area contributed by atoms with Crippen LogP contribution in [-0.2, 0) is 9.22 Å². The maximum atomic E-state index is 10.1. The van der Waals surface area contributed by atoms with Gasteiger partial charge in [0, 0.05) is 0 Å². The lowest BCUT2D eigenvalue weighted by Gasteiger charge is -2.23. The van der Waals surface area contributed by atoms with Crippen LogP contribution in [0.15, 0.2) is 0 Å². The molecule has 0 aliphatic carbocycles. The molecule has 4 heteroatoms. The molecule has 0 aliphatic rings. The Morgan fingerprint density at radius 2 is 2.00 bits per heavy atom. The van der Waals surface area contributed by atoms with E-state index in [-0.39, 0.29) is 11.6 Å². The summed E-state index contributed by atoms with van der Waals surface area (Å²) in [5, 5.41) is 8.43. The first-order chi connectivity index (χ1) is 4.84. The van der Waals surface area contributed by atoms with E-state index in [9.17, 15) is 4.79 Å². The van der Waals surface area contributed by atoms with Crippen molar-refractivity contribution < 1.29 is 14.3 Å². The highest BCUT2D eigenvalue weighted by atomic mass is 28.3. The van der Waals surface area contributed by atoms with Crippen molar-refractivity contribution in [3.05, 3.63) is 0 Å². The van der Waals surface area contributed by atoms with Gasteiger partial charge in [-0.3, -0.25) is 0 Å². The van der Waals surface area contributed by atoms with E-state index in [0.717, 1.165) is 0 Å². The maximum Gasteiger partial charge on any atom is 0.328 e. The molecule has 11 heavy (non-hydrogen) atoms. The molecule has 0 aromatic rings. The quantitative estimate of drug-likeness (QED) is 0.661. The minimum atomic E-state index is -0.981. The zero-order valence-electron chi connectivity index (χ0n) is 7.47. The normalized spacial score (nSPS) is 12.1. The molecule has 65 valence electrons. The Labute approximate surface area is 69.1 Å². The van der Waals surface area contributed by atoms with E-state index in [4.69, 9.17) is 9.53 Å². The fraction of sp³-hybridized carbons (Fsp3) is 0.857. The van der Waals surface area contributed by atoms with E-state index in [1.807, 2.05) is 6.55 Å². The van der Waals surface area contributed by atoms with E-state index < -0.39 is 15.0 Å². The monoisotopic (exact) mass is 175 g/mol. The second-order valence-corrected chi connectivity index (χ2v) is 6.39. The Bertz CT molecular complexity index is 139. The van der Waals surface area contributed by atoms with Crippen molar-refractivity contribution in [3.63, 3.8) is 0 Å². The third-order valence-electron chi connectivity index (χ3n) is 1.47. The van der Waals surface area contributed by atoms with Gasteiger partial charge in [-0.15, -0.1) is 0 Å². The Kier molecular flexibility index (Phi) is 3.75. The van der Waals surface area contributed by atoms with Gasteiger partial charge in [0.05, 0.1) is 0 Å². The smallest absolute Gasteiger partial charge is 0.328 e. The van der Waals surface area contributed by atoms with Crippen molar-refractivity contribution in [2.45, 2.75) is 32.4 Å². The van der Waals surface area contributed by atoms with E-state index in [1.54, 1.807) is 0 Å². The number of rotatable bonds is 3. The first kappa shape index (κ1) is 10.6. The highest BCUT2D eigenvalue weighted by Gasteiger charge is 2.24. The fourth-order valence-corrected chi connectivity index (χ4v) is 1.16. The third-order valence-corrected chi connectivity index (χ3v) is 4.16. The minimum Gasteiger partial charge on any atom is -0.480 e. The largest absolute Gasteiger partial charge is 0.480 e. The van der Waals surface area contributed by atoms with Gasteiger partial charge in [0.1, 0.15) is 6.61 Å². The summed E-state index contributed by atoms with van der Waals surface area (Å²) in [6.07, 6.45) is 0. The lowest BCUT2D eigenvalue weighted by molar-refractivity contribution is -0.139. The fourth-order valence-electron chi connectivity index (χ4n) is 0.386. The first-order valence-electron chi connectivity index (χ1n) is 3.52. The Balaban J connectivity index is 3.70. The van der Waals surface area contributed by atoms with Crippen molar-refractivity contribution in [1.82, 2.24) is 0 Å². The molecule has 0 bridgehead atoms. The predicted molar refractivity (Wildman–Crippen MR) is 44.9 cm³/mol. The molecule has 0 spiro atoms. The minimum absolute atomic E-state index is 0.111. The van der Waals surface area contributed by atoms with Crippen LogP contribution >= 0.6 is 0 Å². The van der Waals surface area contributed by atoms with Crippen LogP contribution < -0.4 is 0 Å². The third kappa shape index (κ3) is 4.98. The van der Waals surface area contributed by atoms with Gasteiger partial charge < -0.3 is 9.53 Å². The zero-order valence-corrected chi connectivity index (χ0v) is 8.47. The molecule has 0 fully saturated rings. The lowest BCUT2D eigenvalue weighted by atomic mass is 10.3. The summed E-state index contributed by atoms with van der Waals surface area (Å²) in [5.41, 5.74) is 0. The average Bonchev–Trinajstić information content (AvgIpc) is 1.80. The van der Waals surface area contributed by atoms with Crippen molar-refractivity contribution in [2.75, 3.05) is 6.61 Å². The molecule has 3 nitrogen and oxygen atoms in total. The van der Waals surface area contributed by atoms with Crippen LogP contribution in [0.1, 0.15) is 20.8 Å². The van der Waals surface area contributed by atoms with Crippen LogP contribution in [-0.4, -0.2) is 26.7 Å². The molecule has 1 N–H and O–H groups in total. The Morgan fingerprint density at radius 3 is 2.27 bits per heavy atom. The molecule has 0 unspecified atom stereocenters. The molecule has 1 radical (unpaired) electrons. The molecule has 0 aliphatic heterocycles. The number of carboxylic acid groups (broad SMARTS) is 1. The van der Waals surface area contributed by atoms with Crippen molar-refractivity contribution in [1.29, 1.82) is 0 Å². The first-order valence-corrected chi connectivity index (χ1v) is 5.43. The average molecular weight is 175 g/mol. The summed E-state index contributed by atoms with van der Waals surface area (Å²) >= 11 is 0. The highest BCUT2D eigenvalue weighted by molar-refractivity contribution is 6.53. The molecule has 0 aromatic carbocycles. The van der Waals surface area contributed by atoms with Crippen molar-refractivity contribution >= 4 is 15.0 Å². The Morgan fingerprint density at radius 1 is 1.55 bits per heavy atom. The number of carboxylic acids is 1. The summed E-state index contributed by atoms with van der Waals surface area (Å²) in [4.78, 5) is 10.1. The zero-order chi connectivity index (χ0) is 9.07. The van der Waals surface area contributed by atoms with Gasteiger partial charge in [0.2, 0.25) is 9.04 Å². The van der Waals surface area contributed by atoms with Gasteiger partial charge >= 0.3 is 5.97 Å². The summed E-state index contributed by atoms with van der Waals surface area (Å²) < 4.78 is 5.17. The van der Waals surface area contributed by atoms with Crippen LogP contribution in [0.3, 0.4) is 0 Å². The van der Waals surface area contributed by atoms with Gasteiger partial charge in [-0.05, 0) is 11.6 Å². The second-order valence-electron chi connectivity index (χ2n) is 3.49. The van der Waals surface area contributed by atoms with E-state index in [1.165, 1.54) is 0 Å². The predicted octanol–water partition coefficient (Wildman–Crippen LogP) is 1.51. The van der Waals surface area contributed by atoms with Crippen LogP contribution in [0, 0.1) is 0 Å². The SMILES string of the molecule is C[Si](OCC(=O)O)C(C)(C)C. The molecule has 0 aromatic heterocycles. The van der Waals surface area contributed by atoms with Crippen LogP contribution in [0.4, 0.5) is 0 Å².